The summed E-state index contributed by atoms with van der Waals surface area (Å²) in [6, 6.07) is 0. The molecule has 1 fully saturated rings. The molecular formula is C15H28N2O4S. The van der Waals surface area contributed by atoms with E-state index >= 15 is 0 Å². The van der Waals surface area contributed by atoms with E-state index in [1.165, 1.54) is 5.57 Å². The van der Waals surface area contributed by atoms with Gasteiger partial charge in [-0.15, -0.1) is 0 Å². The summed E-state index contributed by atoms with van der Waals surface area (Å²) >= 11 is 0. The maximum atomic E-state index is 12.2. The summed E-state index contributed by atoms with van der Waals surface area (Å²) in [6.07, 6.45) is 5.86. The van der Waals surface area contributed by atoms with Crippen LogP contribution in [0.1, 0.15) is 39.5 Å². The Bertz CT molecular complexity index is 512. The summed E-state index contributed by atoms with van der Waals surface area (Å²) in [4.78, 5) is 14.0. The van der Waals surface area contributed by atoms with Gasteiger partial charge in [-0.3, -0.25) is 4.79 Å². The van der Waals surface area contributed by atoms with E-state index in [2.05, 4.69) is 10.8 Å². The molecular weight excluding hydrogens is 304 g/mol. The second-order valence-corrected chi connectivity index (χ2v) is 8.31. The third-order valence-corrected chi connectivity index (χ3v) is 4.72. The number of nitrogens with zero attached hydrogens (tertiary/aromatic N) is 1. The van der Waals surface area contributed by atoms with Crippen LogP contribution >= 0.6 is 0 Å². The van der Waals surface area contributed by atoms with E-state index in [1.54, 1.807) is 4.90 Å². The summed E-state index contributed by atoms with van der Waals surface area (Å²) in [5.41, 5.74) is 0.934. The van der Waals surface area contributed by atoms with E-state index in [4.69, 9.17) is 0 Å². The Morgan fingerprint density at radius 2 is 2.09 bits per heavy atom. The summed E-state index contributed by atoms with van der Waals surface area (Å²) in [5.74, 6) is -0.0640. The molecule has 1 aliphatic rings. The Balaban J connectivity index is 2.60. The molecule has 0 spiro atoms. The minimum absolute atomic E-state index is 0.0577. The lowest BCUT2D eigenvalue weighted by atomic mass is 9.77. The summed E-state index contributed by atoms with van der Waals surface area (Å²) in [7, 11) is -3.26. The van der Waals surface area contributed by atoms with Gasteiger partial charge in [-0.2, -0.15) is 0 Å². The Hall–Kier alpha value is -0.920. The molecule has 2 N–H and O–H groups in total. The van der Waals surface area contributed by atoms with Crippen molar-refractivity contribution in [1.82, 2.24) is 9.62 Å². The van der Waals surface area contributed by atoms with Crippen LogP contribution in [0.3, 0.4) is 0 Å². The van der Waals surface area contributed by atoms with E-state index in [9.17, 15) is 18.3 Å². The first-order valence-electron chi connectivity index (χ1n) is 7.64. The molecule has 0 aliphatic carbocycles. The maximum Gasteiger partial charge on any atom is 0.223 e. The molecule has 0 saturated carbocycles. The standard InChI is InChI=1S/C15H28N2O4S/c1-13(2)5-8-15(12-18)7-4-10-17(11-15)14(19)6-9-16-22(3,20)21/h5,16,18H,4,6-12H2,1-3H3/t15-/m1/s1. The molecule has 0 aromatic carbocycles. The van der Waals surface area contributed by atoms with Crippen molar-refractivity contribution in [2.24, 2.45) is 5.41 Å². The lowest BCUT2D eigenvalue weighted by molar-refractivity contribution is -0.135. The Kier molecular flexibility index (Phi) is 7.02. The average molecular weight is 332 g/mol. The van der Waals surface area contributed by atoms with Crippen LogP contribution in [-0.2, 0) is 14.8 Å². The van der Waals surface area contributed by atoms with Gasteiger partial charge in [0.2, 0.25) is 15.9 Å². The summed E-state index contributed by atoms with van der Waals surface area (Å²) < 4.78 is 24.4. The van der Waals surface area contributed by atoms with Crippen LogP contribution in [0.15, 0.2) is 11.6 Å². The highest BCUT2D eigenvalue weighted by molar-refractivity contribution is 7.88. The molecule has 1 rings (SSSR count). The number of hydrogen-bond acceptors (Lipinski definition) is 4. The van der Waals surface area contributed by atoms with E-state index in [0.717, 1.165) is 25.5 Å². The van der Waals surface area contributed by atoms with Gasteiger partial charge in [-0.1, -0.05) is 11.6 Å². The molecule has 0 aromatic rings. The van der Waals surface area contributed by atoms with E-state index in [-0.39, 0.29) is 30.9 Å². The highest BCUT2D eigenvalue weighted by Gasteiger charge is 2.35. The van der Waals surface area contributed by atoms with Gasteiger partial charge in [0.15, 0.2) is 0 Å². The first kappa shape index (κ1) is 19.1. The minimum atomic E-state index is -3.26. The van der Waals surface area contributed by atoms with Gasteiger partial charge < -0.3 is 10.0 Å². The fourth-order valence-electron chi connectivity index (χ4n) is 2.70. The lowest BCUT2D eigenvalue weighted by Crippen LogP contribution is -2.48. The van der Waals surface area contributed by atoms with Crippen molar-refractivity contribution >= 4 is 15.9 Å². The van der Waals surface area contributed by atoms with Gasteiger partial charge in [0.25, 0.3) is 0 Å². The van der Waals surface area contributed by atoms with Gasteiger partial charge >= 0.3 is 0 Å². The minimum Gasteiger partial charge on any atom is -0.396 e. The Labute approximate surface area is 133 Å². The summed E-state index contributed by atoms with van der Waals surface area (Å²) in [6.45, 7) is 5.43. The molecule has 0 bridgehead atoms. The molecule has 1 atom stereocenters. The molecule has 0 unspecified atom stereocenters. The highest BCUT2D eigenvalue weighted by atomic mass is 32.2. The van der Waals surface area contributed by atoms with Crippen LogP contribution in [0, 0.1) is 5.41 Å². The number of sulfonamides is 1. The largest absolute Gasteiger partial charge is 0.396 e. The molecule has 0 aromatic heterocycles. The molecule has 7 heteroatoms. The van der Waals surface area contributed by atoms with Crippen LogP contribution in [0.5, 0.6) is 0 Å². The first-order chi connectivity index (χ1) is 10.2. The third kappa shape index (κ3) is 6.46. The molecule has 1 saturated heterocycles. The first-order valence-corrected chi connectivity index (χ1v) is 9.53. The molecule has 0 radical (unpaired) electrons. The fraction of sp³-hybridized carbons (Fsp3) is 0.800. The zero-order valence-corrected chi connectivity index (χ0v) is 14.6. The zero-order valence-electron chi connectivity index (χ0n) is 13.8. The lowest BCUT2D eigenvalue weighted by Gasteiger charge is -2.41. The molecule has 128 valence electrons. The molecule has 1 heterocycles. The number of carbonyl (C=O) groups is 1. The van der Waals surface area contributed by atoms with Crippen LogP contribution < -0.4 is 4.72 Å². The van der Waals surface area contributed by atoms with Crippen molar-refractivity contribution in [3.8, 4) is 0 Å². The van der Waals surface area contributed by atoms with Crippen molar-refractivity contribution in [3.05, 3.63) is 11.6 Å². The van der Waals surface area contributed by atoms with E-state index < -0.39 is 10.0 Å². The van der Waals surface area contributed by atoms with Crippen molar-refractivity contribution < 1.29 is 18.3 Å². The van der Waals surface area contributed by atoms with Gasteiger partial charge in [-0.05, 0) is 33.1 Å². The number of aliphatic hydroxyl groups is 1. The SMILES string of the molecule is CC(C)=CC[C@]1(CO)CCCN(C(=O)CCNS(C)(=O)=O)C1. The maximum absolute atomic E-state index is 12.2. The smallest absolute Gasteiger partial charge is 0.223 e. The average Bonchev–Trinajstić information content (AvgIpc) is 2.44. The number of carbonyl (C=O) groups excluding carboxylic acids is 1. The molecule has 6 nitrogen and oxygen atoms in total. The zero-order chi connectivity index (χ0) is 16.8. The van der Waals surface area contributed by atoms with Crippen LogP contribution in [0.25, 0.3) is 0 Å². The van der Waals surface area contributed by atoms with Gasteiger partial charge in [-0.25, -0.2) is 13.1 Å². The number of allylic oxidation sites excluding steroid dienone is 2. The number of likely N-dealkylation sites (tertiary alicyclic amines) is 1. The third-order valence-electron chi connectivity index (χ3n) is 4.00. The number of piperidine rings is 1. The number of nitrogens with one attached hydrogen (secondary N) is 1. The van der Waals surface area contributed by atoms with Gasteiger partial charge in [0.05, 0.1) is 12.9 Å². The monoisotopic (exact) mass is 332 g/mol. The number of amides is 1. The van der Waals surface area contributed by atoms with Crippen LogP contribution in [0.2, 0.25) is 0 Å². The topological polar surface area (TPSA) is 86.7 Å². The van der Waals surface area contributed by atoms with Crippen molar-refractivity contribution in [1.29, 1.82) is 0 Å². The van der Waals surface area contributed by atoms with E-state index in [0.29, 0.717) is 13.1 Å². The predicted molar refractivity (Wildman–Crippen MR) is 86.8 cm³/mol. The fourth-order valence-corrected chi connectivity index (χ4v) is 3.18. The van der Waals surface area contributed by atoms with Gasteiger partial charge in [0.1, 0.15) is 0 Å². The normalized spacial score (nSPS) is 22.5. The number of aliphatic hydroxyl groups excluding tert-OH is 1. The second-order valence-electron chi connectivity index (χ2n) is 6.48. The number of rotatable bonds is 7. The molecule has 1 aliphatic heterocycles. The van der Waals surface area contributed by atoms with E-state index in [1.807, 2.05) is 13.8 Å². The molecule has 1 amide bonds. The quantitative estimate of drug-likeness (QED) is 0.678. The Morgan fingerprint density at radius 3 is 2.64 bits per heavy atom. The van der Waals surface area contributed by atoms with Crippen LogP contribution in [0.4, 0.5) is 0 Å². The number of hydrogen-bond donors (Lipinski definition) is 2. The van der Waals surface area contributed by atoms with Crippen molar-refractivity contribution in [2.45, 2.75) is 39.5 Å². The summed E-state index contributed by atoms with van der Waals surface area (Å²) in [5, 5.41) is 9.78. The van der Waals surface area contributed by atoms with Crippen molar-refractivity contribution in [2.75, 3.05) is 32.5 Å². The predicted octanol–water partition coefficient (Wildman–Crippen LogP) is 0.883. The van der Waals surface area contributed by atoms with Crippen molar-refractivity contribution in [3.63, 3.8) is 0 Å². The molecule has 22 heavy (non-hydrogen) atoms. The highest BCUT2D eigenvalue weighted by Crippen LogP contribution is 2.34. The van der Waals surface area contributed by atoms with Gasteiger partial charge in [0, 0.05) is 31.5 Å². The Morgan fingerprint density at radius 1 is 1.41 bits per heavy atom. The van der Waals surface area contributed by atoms with Crippen LogP contribution in [-0.4, -0.2) is 56.8 Å². The second kappa shape index (κ2) is 8.08.